The molecule has 1 rings (SSSR count). The van der Waals surface area contributed by atoms with Gasteiger partial charge < -0.3 is 20.3 Å². The number of halogens is 1. The Morgan fingerprint density at radius 3 is 2.45 bits per heavy atom. The smallest absolute Gasteiger partial charge is 0.342 e. The number of rotatable bonds is 6. The molecule has 0 unspecified atom stereocenters. The molecule has 0 aliphatic rings. The molecular weight excluding hydrogens is 356 g/mol. The number of methoxy groups -OCH3 is 1. The fourth-order valence-electron chi connectivity index (χ4n) is 1.92. The molecule has 0 saturated heterocycles. The molecule has 0 saturated carbocycles. The summed E-state index contributed by atoms with van der Waals surface area (Å²) in [5.41, 5.74) is 5.77. The van der Waals surface area contributed by atoms with Gasteiger partial charge in [0.1, 0.15) is 11.3 Å². The Morgan fingerprint density at radius 2 is 2.00 bits per heavy atom. The number of likely N-dealkylation sites (N-methyl/N-ethyl adjacent to an activating group) is 2. The van der Waals surface area contributed by atoms with Crippen LogP contribution in [0.5, 0.6) is 0 Å². The Hall–Kier alpha value is -1.87. The van der Waals surface area contributed by atoms with Crippen LogP contribution in [0.15, 0.2) is 10.5 Å². The number of carbonyl (C=O) groups is 1. The zero-order valence-corrected chi connectivity index (χ0v) is 14.5. The lowest BCUT2D eigenvalue weighted by Crippen LogP contribution is -2.30. The molecule has 1 aromatic carbocycles. The van der Waals surface area contributed by atoms with Crippen LogP contribution >= 0.6 is 15.9 Å². The summed E-state index contributed by atoms with van der Waals surface area (Å²) in [6, 6.07) is 1.51. The molecule has 22 heavy (non-hydrogen) atoms. The number of nitrogen functional groups attached to an aromatic ring is 1. The van der Waals surface area contributed by atoms with Crippen molar-refractivity contribution < 1.29 is 14.5 Å². The number of esters is 1. The van der Waals surface area contributed by atoms with Gasteiger partial charge >= 0.3 is 11.7 Å². The van der Waals surface area contributed by atoms with Gasteiger partial charge in [0.2, 0.25) is 0 Å². The number of nitrogens with zero attached hydrogens (tertiary/aromatic N) is 3. The third-order valence-electron chi connectivity index (χ3n) is 3.14. The number of anilines is 2. The molecule has 0 spiro atoms. The summed E-state index contributed by atoms with van der Waals surface area (Å²) >= 11 is 3.14. The molecule has 0 amide bonds. The topological polar surface area (TPSA) is 102 Å². The highest BCUT2D eigenvalue weighted by Crippen LogP contribution is 2.39. The van der Waals surface area contributed by atoms with Crippen LogP contribution in [0.4, 0.5) is 17.1 Å². The molecule has 0 fully saturated rings. The fourth-order valence-corrected chi connectivity index (χ4v) is 2.49. The SMILES string of the molecule is COC(=O)c1c(N(C)CCN(C)C)cc(Br)c([N+](=O)[O-])c1N. The van der Waals surface area contributed by atoms with Crippen LogP contribution in [0, 0.1) is 10.1 Å². The van der Waals surface area contributed by atoms with Gasteiger partial charge in [0.15, 0.2) is 0 Å². The Morgan fingerprint density at radius 1 is 1.41 bits per heavy atom. The molecule has 0 aromatic heterocycles. The second-order valence-corrected chi connectivity index (χ2v) is 5.84. The van der Waals surface area contributed by atoms with E-state index in [0.717, 1.165) is 6.54 Å². The zero-order chi connectivity index (χ0) is 17.0. The second-order valence-electron chi connectivity index (χ2n) is 4.99. The van der Waals surface area contributed by atoms with Crippen molar-refractivity contribution in [3.63, 3.8) is 0 Å². The highest BCUT2D eigenvalue weighted by molar-refractivity contribution is 9.10. The first-order valence-corrected chi connectivity index (χ1v) is 7.20. The van der Waals surface area contributed by atoms with Gasteiger partial charge in [-0.15, -0.1) is 0 Å². The van der Waals surface area contributed by atoms with Crippen molar-refractivity contribution in [3.05, 3.63) is 26.2 Å². The van der Waals surface area contributed by atoms with E-state index in [1.54, 1.807) is 11.9 Å². The summed E-state index contributed by atoms with van der Waals surface area (Å²) in [4.78, 5) is 26.3. The van der Waals surface area contributed by atoms with Crippen LogP contribution in [0.1, 0.15) is 10.4 Å². The second kappa shape index (κ2) is 7.41. The molecule has 0 heterocycles. The van der Waals surface area contributed by atoms with Crippen molar-refractivity contribution in [3.8, 4) is 0 Å². The summed E-state index contributed by atoms with van der Waals surface area (Å²) in [6.45, 7) is 1.35. The van der Waals surface area contributed by atoms with E-state index in [4.69, 9.17) is 10.5 Å². The van der Waals surface area contributed by atoms with Gasteiger partial charge in [0, 0.05) is 20.1 Å². The maximum Gasteiger partial charge on any atom is 0.342 e. The first-order chi connectivity index (χ1) is 10.2. The lowest BCUT2D eigenvalue weighted by atomic mass is 10.1. The third kappa shape index (κ3) is 3.86. The summed E-state index contributed by atoms with van der Waals surface area (Å²) in [6.07, 6.45) is 0. The fraction of sp³-hybridized carbons (Fsp3) is 0.462. The number of hydrogen-bond acceptors (Lipinski definition) is 7. The predicted octanol–water partition coefficient (Wildman–Crippen LogP) is 1.72. The van der Waals surface area contributed by atoms with Gasteiger partial charge in [-0.3, -0.25) is 10.1 Å². The van der Waals surface area contributed by atoms with Crippen molar-refractivity contribution in [2.45, 2.75) is 0 Å². The Kier molecular flexibility index (Phi) is 6.12. The van der Waals surface area contributed by atoms with Gasteiger partial charge in [-0.1, -0.05) is 0 Å². The third-order valence-corrected chi connectivity index (χ3v) is 3.74. The van der Waals surface area contributed by atoms with Gasteiger partial charge in [-0.05, 0) is 36.1 Å². The zero-order valence-electron chi connectivity index (χ0n) is 12.9. The van der Waals surface area contributed by atoms with Crippen molar-refractivity contribution in [2.75, 3.05) is 52.0 Å². The highest BCUT2D eigenvalue weighted by Gasteiger charge is 2.29. The molecular formula is C13H19BrN4O4. The molecule has 8 nitrogen and oxygen atoms in total. The molecule has 2 N–H and O–H groups in total. The average Bonchev–Trinajstić information content (AvgIpc) is 2.42. The summed E-state index contributed by atoms with van der Waals surface area (Å²) in [5.74, 6) is -0.709. The van der Waals surface area contributed by atoms with Crippen molar-refractivity contribution >= 4 is 39.0 Å². The van der Waals surface area contributed by atoms with Crippen LogP contribution in [0.3, 0.4) is 0 Å². The molecule has 122 valence electrons. The van der Waals surface area contributed by atoms with Crippen LogP contribution in [-0.4, -0.2) is 57.1 Å². The van der Waals surface area contributed by atoms with E-state index in [2.05, 4.69) is 15.9 Å². The Labute approximate surface area is 137 Å². The molecule has 0 atom stereocenters. The van der Waals surface area contributed by atoms with E-state index >= 15 is 0 Å². The maximum atomic E-state index is 12.0. The molecule has 0 radical (unpaired) electrons. The van der Waals surface area contributed by atoms with E-state index in [0.29, 0.717) is 12.2 Å². The molecule has 0 bridgehead atoms. The normalized spacial score (nSPS) is 10.6. The van der Waals surface area contributed by atoms with Gasteiger partial charge in [-0.2, -0.15) is 0 Å². The van der Waals surface area contributed by atoms with Crippen LogP contribution < -0.4 is 10.6 Å². The number of nitrogens with two attached hydrogens (primary N) is 1. The van der Waals surface area contributed by atoms with E-state index in [1.165, 1.54) is 13.2 Å². The van der Waals surface area contributed by atoms with E-state index in [-0.39, 0.29) is 21.4 Å². The van der Waals surface area contributed by atoms with Crippen LogP contribution in [0.25, 0.3) is 0 Å². The molecule has 1 aromatic rings. The molecule has 0 aliphatic carbocycles. The lowest BCUT2D eigenvalue weighted by Gasteiger charge is -2.24. The first kappa shape index (κ1) is 18.2. The Balaban J connectivity index is 3.43. The molecule has 0 aliphatic heterocycles. The summed E-state index contributed by atoms with van der Waals surface area (Å²) in [5, 5.41) is 11.1. The Bertz CT molecular complexity index is 592. The maximum absolute atomic E-state index is 12.0. The average molecular weight is 375 g/mol. The molecule has 9 heteroatoms. The standard InChI is InChI=1S/C13H19BrN4O4/c1-16(2)5-6-17(3)9-7-8(14)12(18(20)21)11(15)10(9)13(19)22-4/h7H,5-6,15H2,1-4H3. The largest absolute Gasteiger partial charge is 0.465 e. The van der Waals surface area contributed by atoms with E-state index < -0.39 is 10.9 Å². The summed E-state index contributed by atoms with van der Waals surface area (Å²) < 4.78 is 4.93. The minimum atomic E-state index is -0.709. The number of benzene rings is 1. The number of carbonyl (C=O) groups excluding carboxylic acids is 1. The van der Waals surface area contributed by atoms with Crippen molar-refractivity contribution in [1.82, 2.24) is 4.90 Å². The number of ether oxygens (including phenoxy) is 1. The number of nitro groups is 1. The quantitative estimate of drug-likeness (QED) is 0.350. The van der Waals surface area contributed by atoms with Crippen LogP contribution in [-0.2, 0) is 4.74 Å². The monoisotopic (exact) mass is 374 g/mol. The minimum Gasteiger partial charge on any atom is -0.465 e. The highest BCUT2D eigenvalue weighted by atomic mass is 79.9. The van der Waals surface area contributed by atoms with Gasteiger partial charge in [0.05, 0.1) is 22.2 Å². The van der Waals surface area contributed by atoms with Crippen molar-refractivity contribution in [2.24, 2.45) is 0 Å². The van der Waals surface area contributed by atoms with Crippen LogP contribution in [0.2, 0.25) is 0 Å². The van der Waals surface area contributed by atoms with Gasteiger partial charge in [0.25, 0.3) is 0 Å². The lowest BCUT2D eigenvalue weighted by molar-refractivity contribution is -0.384. The number of hydrogen-bond donors (Lipinski definition) is 1. The number of nitro benzene ring substituents is 1. The van der Waals surface area contributed by atoms with Gasteiger partial charge in [-0.25, -0.2) is 4.79 Å². The van der Waals surface area contributed by atoms with E-state index in [9.17, 15) is 14.9 Å². The summed E-state index contributed by atoms with van der Waals surface area (Å²) in [7, 11) is 6.84. The first-order valence-electron chi connectivity index (χ1n) is 6.41. The minimum absolute atomic E-state index is 0.00124. The van der Waals surface area contributed by atoms with Crippen molar-refractivity contribution in [1.29, 1.82) is 0 Å². The van der Waals surface area contributed by atoms with E-state index in [1.807, 2.05) is 19.0 Å². The predicted molar refractivity (Wildman–Crippen MR) is 88.4 cm³/mol.